The highest BCUT2D eigenvalue weighted by Gasteiger charge is 2.52. The van der Waals surface area contributed by atoms with Crippen LogP contribution in [-0.2, 0) is 49.3 Å². The van der Waals surface area contributed by atoms with E-state index < -0.39 is 54.4 Å². The quantitative estimate of drug-likeness (QED) is 0.223. The summed E-state index contributed by atoms with van der Waals surface area (Å²) in [5.74, 6) is -2.68. The van der Waals surface area contributed by atoms with Crippen LogP contribution in [0.3, 0.4) is 0 Å². The van der Waals surface area contributed by atoms with Crippen molar-refractivity contribution < 1.29 is 42.9 Å². The molecular weight excluding hydrogens is 610 g/mol. The van der Waals surface area contributed by atoms with Crippen LogP contribution in [-0.4, -0.2) is 54.9 Å². The second kappa shape index (κ2) is 14.5. The molecule has 1 aliphatic rings. The van der Waals surface area contributed by atoms with Crippen LogP contribution < -0.4 is 0 Å². The molecule has 1 fully saturated rings. The summed E-state index contributed by atoms with van der Waals surface area (Å²) in [5, 5.41) is 9.57. The molecule has 0 bridgehead atoms. The van der Waals surface area contributed by atoms with Gasteiger partial charge in [-0.05, 0) is 47.0 Å². The average molecular weight is 640 g/mol. The predicted octanol–water partition coefficient (Wildman–Crippen LogP) is 5.33. The molecule has 0 radical (unpaired) electrons. The Morgan fingerprint density at radius 2 is 1.48 bits per heavy atom. The summed E-state index contributed by atoms with van der Waals surface area (Å²) in [4.78, 5) is 50.1. The zero-order chi connectivity index (χ0) is 32.0. The minimum absolute atomic E-state index is 0.317. The third-order valence-electron chi connectivity index (χ3n) is 6.71. The molecule has 0 saturated carbocycles. The second-order valence-electron chi connectivity index (χ2n) is 10.1. The number of thiophene rings is 1. The molecular formula is C32H30ClNO9S. The van der Waals surface area contributed by atoms with E-state index >= 15 is 0 Å². The van der Waals surface area contributed by atoms with Crippen LogP contribution in [0.4, 0.5) is 0 Å². The van der Waals surface area contributed by atoms with Gasteiger partial charge in [0.25, 0.3) is 0 Å². The molecule has 3 aromatic rings. The summed E-state index contributed by atoms with van der Waals surface area (Å²) in [5.41, 5.74) is 2.87. The number of halogens is 1. The van der Waals surface area contributed by atoms with E-state index in [4.69, 9.17) is 40.5 Å². The second-order valence-corrected chi connectivity index (χ2v) is 11.7. The van der Waals surface area contributed by atoms with E-state index in [-0.39, 0.29) is 6.61 Å². The maximum absolute atomic E-state index is 12.2. The number of hydrogen-bond acceptors (Lipinski definition) is 11. The molecule has 230 valence electrons. The standard InChI is InChI=1S/C32H30ClNO9S/c1-17(35)39-16-27-30(40-18(2)36)32(42-20(4)38)31(41-19(3)37)29(43-27)23-9-11-26(33)24(13-23)14-25-10-12-28(44-25)22-7-5-21(15-34)6-8-22/h5-13,27,29-32H,14,16H2,1-4H3/t27-,29+,30-,31+,32+/m1/s1. The summed E-state index contributed by atoms with van der Waals surface area (Å²) < 4.78 is 28.1. The summed E-state index contributed by atoms with van der Waals surface area (Å²) in [6.07, 6.45) is -5.33. The number of nitriles is 1. The van der Waals surface area contributed by atoms with Crippen LogP contribution in [0.25, 0.3) is 10.4 Å². The van der Waals surface area contributed by atoms with Gasteiger partial charge in [0.1, 0.15) is 18.8 Å². The number of hydrogen-bond donors (Lipinski definition) is 0. The Balaban J connectivity index is 1.69. The van der Waals surface area contributed by atoms with Gasteiger partial charge in [-0.2, -0.15) is 5.26 Å². The smallest absolute Gasteiger partial charge is 0.303 e. The molecule has 44 heavy (non-hydrogen) atoms. The van der Waals surface area contributed by atoms with Gasteiger partial charge in [0.05, 0.1) is 11.6 Å². The average Bonchev–Trinajstić information content (AvgIpc) is 3.43. The van der Waals surface area contributed by atoms with E-state index in [2.05, 4.69) is 6.07 Å². The molecule has 0 spiro atoms. The van der Waals surface area contributed by atoms with Crippen molar-refractivity contribution in [1.82, 2.24) is 0 Å². The lowest BCUT2D eigenvalue weighted by atomic mass is 9.89. The lowest BCUT2D eigenvalue weighted by molar-refractivity contribution is -0.254. The van der Waals surface area contributed by atoms with E-state index in [1.54, 1.807) is 35.6 Å². The van der Waals surface area contributed by atoms with E-state index in [1.807, 2.05) is 30.3 Å². The van der Waals surface area contributed by atoms with Crippen molar-refractivity contribution >= 4 is 46.8 Å². The van der Waals surface area contributed by atoms with Gasteiger partial charge in [0.2, 0.25) is 0 Å². The molecule has 1 aliphatic heterocycles. The van der Waals surface area contributed by atoms with Gasteiger partial charge in [-0.3, -0.25) is 19.2 Å². The van der Waals surface area contributed by atoms with Crippen LogP contribution in [0.1, 0.15) is 55.4 Å². The highest BCUT2D eigenvalue weighted by Crippen LogP contribution is 2.39. The molecule has 5 atom stereocenters. The van der Waals surface area contributed by atoms with Crippen molar-refractivity contribution in [2.75, 3.05) is 6.61 Å². The molecule has 0 amide bonds. The topological polar surface area (TPSA) is 138 Å². The Morgan fingerprint density at radius 1 is 0.841 bits per heavy atom. The SMILES string of the molecule is CC(=O)OC[C@H]1O[C@@H](c2ccc(Cl)c(Cc3ccc(-c4ccc(C#N)cc4)s3)c2)[C@H](OC(C)=O)[C@@H](OC(C)=O)[C@@H]1OC(C)=O. The number of rotatable bonds is 9. The van der Waals surface area contributed by atoms with Crippen LogP contribution in [0.5, 0.6) is 0 Å². The predicted molar refractivity (Wildman–Crippen MR) is 160 cm³/mol. The minimum atomic E-state index is -1.27. The number of esters is 4. The number of carbonyl (C=O) groups is 4. The Morgan fingerprint density at radius 3 is 2.09 bits per heavy atom. The number of ether oxygens (including phenoxy) is 5. The summed E-state index contributed by atoms with van der Waals surface area (Å²) in [7, 11) is 0. The molecule has 1 saturated heterocycles. The Bertz CT molecular complexity index is 1580. The van der Waals surface area contributed by atoms with Crippen molar-refractivity contribution in [3.63, 3.8) is 0 Å². The molecule has 0 aliphatic carbocycles. The van der Waals surface area contributed by atoms with E-state index in [0.717, 1.165) is 20.9 Å². The highest BCUT2D eigenvalue weighted by molar-refractivity contribution is 7.15. The maximum atomic E-state index is 12.2. The van der Waals surface area contributed by atoms with E-state index in [9.17, 15) is 19.2 Å². The first-order valence-corrected chi connectivity index (χ1v) is 14.8. The lowest BCUT2D eigenvalue weighted by Gasteiger charge is -2.44. The van der Waals surface area contributed by atoms with Gasteiger partial charge in [0.15, 0.2) is 18.3 Å². The maximum Gasteiger partial charge on any atom is 0.303 e. The number of carbonyl (C=O) groups excluding carboxylic acids is 4. The molecule has 1 aromatic heterocycles. The molecule has 2 aromatic carbocycles. The summed E-state index contributed by atoms with van der Waals surface area (Å²) in [6.45, 7) is 4.44. The Labute approximate surface area is 263 Å². The van der Waals surface area contributed by atoms with Crippen LogP contribution in [0.15, 0.2) is 54.6 Å². The van der Waals surface area contributed by atoms with Crippen LogP contribution in [0, 0.1) is 11.3 Å². The van der Waals surface area contributed by atoms with Crippen molar-refractivity contribution in [2.45, 2.75) is 64.6 Å². The van der Waals surface area contributed by atoms with Crippen molar-refractivity contribution in [1.29, 1.82) is 5.26 Å². The normalized spacial score (nSPS) is 21.0. The molecule has 2 heterocycles. The van der Waals surface area contributed by atoms with Crippen molar-refractivity contribution in [3.05, 3.63) is 81.2 Å². The minimum Gasteiger partial charge on any atom is -0.463 e. The summed E-state index contributed by atoms with van der Waals surface area (Å²) >= 11 is 8.20. The molecule has 12 heteroatoms. The van der Waals surface area contributed by atoms with Crippen LogP contribution in [0.2, 0.25) is 5.02 Å². The van der Waals surface area contributed by atoms with E-state index in [1.165, 1.54) is 27.7 Å². The van der Waals surface area contributed by atoms with Crippen molar-refractivity contribution in [3.8, 4) is 16.5 Å². The third-order valence-corrected chi connectivity index (χ3v) is 8.22. The Kier molecular flexibility index (Phi) is 10.8. The molecule has 0 unspecified atom stereocenters. The zero-order valence-corrected chi connectivity index (χ0v) is 26.0. The third kappa shape index (κ3) is 8.23. The number of benzene rings is 2. The van der Waals surface area contributed by atoms with Gasteiger partial charge in [-0.1, -0.05) is 35.9 Å². The van der Waals surface area contributed by atoms with Gasteiger partial charge in [0, 0.05) is 48.9 Å². The molecule has 10 nitrogen and oxygen atoms in total. The fourth-order valence-electron chi connectivity index (χ4n) is 4.93. The zero-order valence-electron chi connectivity index (χ0n) is 24.4. The lowest BCUT2D eigenvalue weighted by Crippen LogP contribution is -2.59. The van der Waals surface area contributed by atoms with E-state index in [0.29, 0.717) is 22.6 Å². The van der Waals surface area contributed by atoms with Gasteiger partial charge < -0.3 is 23.7 Å². The first kappa shape index (κ1) is 32.7. The van der Waals surface area contributed by atoms with Gasteiger partial charge in [-0.15, -0.1) is 11.3 Å². The highest BCUT2D eigenvalue weighted by atomic mass is 35.5. The molecule has 0 N–H and O–H groups in total. The Hall–Kier alpha value is -4.24. The first-order valence-electron chi connectivity index (χ1n) is 13.6. The van der Waals surface area contributed by atoms with Crippen LogP contribution >= 0.6 is 22.9 Å². The van der Waals surface area contributed by atoms with Crippen molar-refractivity contribution in [2.24, 2.45) is 0 Å². The van der Waals surface area contributed by atoms with Gasteiger partial charge >= 0.3 is 23.9 Å². The fraction of sp³-hybridized carbons (Fsp3) is 0.344. The summed E-state index contributed by atoms with van der Waals surface area (Å²) in [6, 6.07) is 18.6. The van der Waals surface area contributed by atoms with Gasteiger partial charge in [-0.25, -0.2) is 0 Å². The monoisotopic (exact) mass is 639 g/mol. The number of nitrogens with zero attached hydrogens (tertiary/aromatic N) is 1. The largest absolute Gasteiger partial charge is 0.463 e. The fourth-order valence-corrected chi connectivity index (χ4v) is 6.15. The first-order chi connectivity index (χ1) is 20.9. The molecule has 4 rings (SSSR count).